The molecule has 2 amide bonds. The molecule has 4 nitrogen and oxygen atoms in total. The van der Waals surface area contributed by atoms with Crippen LogP contribution < -0.4 is 4.74 Å². The summed E-state index contributed by atoms with van der Waals surface area (Å²) < 4.78 is 28.5. The van der Waals surface area contributed by atoms with Gasteiger partial charge in [-0.3, -0.25) is 14.5 Å². The molecule has 1 aliphatic heterocycles. The molecule has 0 N–H and O–H groups in total. The van der Waals surface area contributed by atoms with Crippen LogP contribution in [0.4, 0.5) is 8.78 Å². The number of amides is 2. The maximum Gasteiger partial charge on any atom is 0.387 e. The Hall–Kier alpha value is -2.24. The number of likely N-dealkylation sites (tertiary alicyclic amines) is 1. The van der Waals surface area contributed by atoms with Gasteiger partial charge in [-0.1, -0.05) is 24.3 Å². The van der Waals surface area contributed by atoms with E-state index < -0.39 is 6.61 Å². The van der Waals surface area contributed by atoms with Crippen molar-refractivity contribution in [3.05, 3.63) is 42.0 Å². The first-order valence-corrected chi connectivity index (χ1v) is 7.10. The number of carbonyl (C=O) groups excluding carboxylic acids is 2. The molecular formula is C16H15F2NO3. The second-order valence-electron chi connectivity index (χ2n) is 5.44. The third-order valence-corrected chi connectivity index (χ3v) is 4.09. The molecule has 0 radical (unpaired) electrons. The summed E-state index contributed by atoms with van der Waals surface area (Å²) in [5.41, 5.74) is 0.704. The summed E-state index contributed by atoms with van der Waals surface area (Å²) in [6.07, 6.45) is 5.08. The summed E-state index contributed by atoms with van der Waals surface area (Å²) in [5.74, 6) is -0.743. The lowest BCUT2D eigenvalue weighted by Crippen LogP contribution is -2.30. The van der Waals surface area contributed by atoms with E-state index in [0.717, 1.165) is 0 Å². The Morgan fingerprint density at radius 3 is 2.09 bits per heavy atom. The normalized spacial score (nSPS) is 24.0. The van der Waals surface area contributed by atoms with E-state index in [2.05, 4.69) is 4.74 Å². The van der Waals surface area contributed by atoms with E-state index in [9.17, 15) is 18.4 Å². The topological polar surface area (TPSA) is 46.6 Å². The summed E-state index contributed by atoms with van der Waals surface area (Å²) in [7, 11) is 0. The van der Waals surface area contributed by atoms with E-state index in [-0.39, 0.29) is 35.9 Å². The third kappa shape index (κ3) is 2.73. The van der Waals surface area contributed by atoms with Crippen LogP contribution >= 0.6 is 0 Å². The van der Waals surface area contributed by atoms with Gasteiger partial charge in [0, 0.05) is 0 Å². The second-order valence-corrected chi connectivity index (χ2v) is 5.44. The van der Waals surface area contributed by atoms with Crippen molar-refractivity contribution in [1.29, 1.82) is 0 Å². The fourth-order valence-corrected chi connectivity index (χ4v) is 2.98. The van der Waals surface area contributed by atoms with Crippen LogP contribution in [0.25, 0.3) is 0 Å². The van der Waals surface area contributed by atoms with Crippen LogP contribution in [0, 0.1) is 11.8 Å². The van der Waals surface area contributed by atoms with Gasteiger partial charge in [0.2, 0.25) is 11.8 Å². The van der Waals surface area contributed by atoms with Crippen molar-refractivity contribution >= 4 is 11.8 Å². The van der Waals surface area contributed by atoms with E-state index in [1.54, 1.807) is 12.1 Å². The minimum atomic E-state index is -2.87. The van der Waals surface area contributed by atoms with Crippen molar-refractivity contribution in [2.75, 3.05) is 0 Å². The van der Waals surface area contributed by atoms with E-state index in [4.69, 9.17) is 0 Å². The number of ether oxygens (including phenoxy) is 1. The van der Waals surface area contributed by atoms with Crippen LogP contribution in [-0.4, -0.2) is 23.3 Å². The van der Waals surface area contributed by atoms with Crippen LogP contribution in [0.2, 0.25) is 0 Å². The fourth-order valence-electron chi connectivity index (χ4n) is 2.98. The van der Waals surface area contributed by atoms with Crippen molar-refractivity contribution < 1.29 is 23.1 Å². The molecule has 6 heteroatoms. The zero-order valence-electron chi connectivity index (χ0n) is 11.7. The Balaban J connectivity index is 1.70. The van der Waals surface area contributed by atoms with Crippen molar-refractivity contribution in [1.82, 2.24) is 4.90 Å². The molecule has 1 aromatic carbocycles. The van der Waals surface area contributed by atoms with Crippen molar-refractivity contribution in [2.45, 2.75) is 26.0 Å². The van der Waals surface area contributed by atoms with E-state index >= 15 is 0 Å². The maximum atomic E-state index is 12.3. The molecule has 1 saturated heterocycles. The van der Waals surface area contributed by atoms with Gasteiger partial charge in [0.05, 0.1) is 18.4 Å². The molecule has 22 heavy (non-hydrogen) atoms. The van der Waals surface area contributed by atoms with Gasteiger partial charge in [0.1, 0.15) is 5.75 Å². The maximum absolute atomic E-state index is 12.3. The van der Waals surface area contributed by atoms with Crippen molar-refractivity contribution in [3.8, 4) is 5.75 Å². The van der Waals surface area contributed by atoms with Crippen molar-refractivity contribution in [2.24, 2.45) is 11.8 Å². The number of nitrogens with zero attached hydrogens (tertiary/aromatic N) is 1. The average Bonchev–Trinajstić information content (AvgIpc) is 2.74. The number of alkyl halides is 2. The van der Waals surface area contributed by atoms with Gasteiger partial charge in [-0.25, -0.2) is 0 Å². The number of benzene rings is 1. The van der Waals surface area contributed by atoms with Gasteiger partial charge in [-0.2, -0.15) is 8.78 Å². The molecule has 1 fully saturated rings. The molecule has 1 aliphatic carbocycles. The standard InChI is InChI=1S/C16H15F2NO3/c17-16(18)22-11-7-5-10(6-8-11)9-19-14(20)12-3-1-2-4-13(12)15(19)21/h1-2,5-8,12-13,16H,3-4,9H2. The summed E-state index contributed by atoms with van der Waals surface area (Å²) in [6.45, 7) is -2.71. The summed E-state index contributed by atoms with van der Waals surface area (Å²) in [6, 6.07) is 5.97. The van der Waals surface area contributed by atoms with Crippen molar-refractivity contribution in [3.63, 3.8) is 0 Å². The number of hydrogen-bond acceptors (Lipinski definition) is 3. The van der Waals surface area contributed by atoms with Gasteiger partial charge in [0.25, 0.3) is 0 Å². The highest BCUT2D eigenvalue weighted by Crippen LogP contribution is 2.35. The molecule has 0 bridgehead atoms. The Morgan fingerprint density at radius 2 is 1.59 bits per heavy atom. The fraction of sp³-hybridized carbons (Fsp3) is 0.375. The lowest BCUT2D eigenvalue weighted by atomic mass is 9.85. The number of fused-ring (bicyclic) bond motifs is 1. The van der Waals surface area contributed by atoms with Gasteiger partial charge in [0.15, 0.2) is 0 Å². The first kappa shape index (κ1) is 14.7. The third-order valence-electron chi connectivity index (χ3n) is 4.09. The number of rotatable bonds is 4. The molecule has 0 spiro atoms. The highest BCUT2D eigenvalue weighted by molar-refractivity contribution is 6.05. The van der Waals surface area contributed by atoms with Crippen LogP contribution in [0.15, 0.2) is 36.4 Å². The number of imide groups is 1. The lowest BCUT2D eigenvalue weighted by Gasteiger charge is -2.15. The smallest absolute Gasteiger partial charge is 0.387 e. The lowest BCUT2D eigenvalue weighted by molar-refractivity contribution is -0.140. The monoisotopic (exact) mass is 307 g/mol. The van der Waals surface area contributed by atoms with Crippen LogP contribution in [0.5, 0.6) is 5.75 Å². The molecular weight excluding hydrogens is 292 g/mol. The molecule has 0 saturated carbocycles. The Labute approximate surface area is 126 Å². The predicted molar refractivity (Wildman–Crippen MR) is 74.0 cm³/mol. The zero-order valence-corrected chi connectivity index (χ0v) is 11.7. The minimum Gasteiger partial charge on any atom is -0.435 e. The Bertz CT molecular complexity index is 586. The highest BCUT2D eigenvalue weighted by Gasteiger charge is 2.46. The number of hydrogen-bond donors (Lipinski definition) is 0. The van der Waals surface area contributed by atoms with Gasteiger partial charge in [-0.05, 0) is 30.5 Å². The average molecular weight is 307 g/mol. The van der Waals surface area contributed by atoms with Gasteiger partial charge in [-0.15, -0.1) is 0 Å². The number of halogens is 2. The molecule has 0 aromatic heterocycles. The summed E-state index contributed by atoms with van der Waals surface area (Å²) in [5, 5.41) is 0. The van der Waals surface area contributed by atoms with E-state index in [1.165, 1.54) is 17.0 Å². The van der Waals surface area contributed by atoms with E-state index in [1.807, 2.05) is 12.2 Å². The van der Waals surface area contributed by atoms with Gasteiger partial charge >= 0.3 is 6.61 Å². The van der Waals surface area contributed by atoms with E-state index in [0.29, 0.717) is 18.4 Å². The molecule has 1 heterocycles. The number of allylic oxidation sites excluding steroid dienone is 2. The predicted octanol–water partition coefficient (Wildman–Crippen LogP) is 2.74. The molecule has 2 atom stereocenters. The first-order valence-electron chi connectivity index (χ1n) is 7.10. The summed E-state index contributed by atoms with van der Waals surface area (Å²) in [4.78, 5) is 25.9. The van der Waals surface area contributed by atoms with Crippen LogP contribution in [0.1, 0.15) is 18.4 Å². The molecule has 1 aromatic rings. The molecule has 3 rings (SSSR count). The summed E-state index contributed by atoms with van der Waals surface area (Å²) >= 11 is 0. The largest absolute Gasteiger partial charge is 0.435 e. The van der Waals surface area contributed by atoms with Crippen LogP contribution in [-0.2, 0) is 16.1 Å². The Kier molecular flexibility index (Phi) is 3.92. The van der Waals surface area contributed by atoms with Gasteiger partial charge < -0.3 is 4.74 Å². The molecule has 2 unspecified atom stereocenters. The molecule has 116 valence electrons. The second kappa shape index (κ2) is 5.87. The first-order chi connectivity index (χ1) is 10.6. The highest BCUT2D eigenvalue weighted by atomic mass is 19.3. The quantitative estimate of drug-likeness (QED) is 0.635. The van der Waals surface area contributed by atoms with Crippen LogP contribution in [0.3, 0.4) is 0 Å². The SMILES string of the molecule is O=C1C2CC=CCC2C(=O)N1Cc1ccc(OC(F)F)cc1. The minimum absolute atomic E-state index is 0.0516. The Morgan fingerprint density at radius 1 is 1.05 bits per heavy atom. The number of carbonyl (C=O) groups is 2. The zero-order chi connectivity index (χ0) is 15.7. The molecule has 2 aliphatic rings.